The summed E-state index contributed by atoms with van der Waals surface area (Å²) in [4.78, 5) is 36.2. The Morgan fingerprint density at radius 3 is 2.57 bits per heavy atom. The zero-order chi connectivity index (χ0) is 33.4. The quantitative estimate of drug-likeness (QED) is 0.237. The Labute approximate surface area is 275 Å². The molecule has 15 heteroatoms. The van der Waals surface area contributed by atoms with Crippen LogP contribution in [0.25, 0.3) is 0 Å². The molecule has 3 aliphatic rings. The van der Waals surface area contributed by atoms with Crippen molar-refractivity contribution >= 4 is 27.7 Å². The van der Waals surface area contributed by atoms with Gasteiger partial charge in [0.15, 0.2) is 6.29 Å². The fourth-order valence-electron chi connectivity index (χ4n) is 5.93. The highest BCUT2D eigenvalue weighted by Crippen LogP contribution is 2.33. The number of ether oxygens (including phenoxy) is 3. The summed E-state index contributed by atoms with van der Waals surface area (Å²) in [7, 11) is -1.48. The molecule has 2 saturated heterocycles. The third-order valence-electron chi connectivity index (χ3n) is 8.68. The highest BCUT2D eigenvalue weighted by Gasteiger charge is 2.44. The second kappa shape index (κ2) is 16.2. The number of hydrogen-bond acceptors (Lipinski definition) is 11. The second-order valence-electron chi connectivity index (χ2n) is 11.9. The molecule has 1 aliphatic carbocycles. The molecule has 2 heterocycles. The van der Waals surface area contributed by atoms with E-state index in [9.17, 15) is 23.1 Å². The van der Waals surface area contributed by atoms with Crippen LogP contribution in [-0.2, 0) is 45.1 Å². The van der Waals surface area contributed by atoms with Crippen LogP contribution in [0.1, 0.15) is 37.7 Å². The number of likely N-dealkylation sites (N-methyl/N-ethyl adjacent to an activating group) is 1. The number of carbonyl (C=O) groups is 2. The number of hydroxylamine groups is 3. The molecular formula is C32H44N4O10S. The van der Waals surface area contributed by atoms with Crippen molar-refractivity contribution in [3.8, 4) is 0 Å². The lowest BCUT2D eigenvalue weighted by Gasteiger charge is -2.31. The maximum atomic E-state index is 14.1. The summed E-state index contributed by atoms with van der Waals surface area (Å²) in [5.74, 6) is -0.426. The third-order valence-corrected chi connectivity index (χ3v) is 10.3. The number of sulfonamides is 1. The molecule has 0 spiro atoms. The minimum atomic E-state index is -4.31. The number of hydrogen-bond donors (Lipinski definition) is 3. The summed E-state index contributed by atoms with van der Waals surface area (Å²) < 4.78 is 45.8. The molecular weight excluding hydrogens is 632 g/mol. The third kappa shape index (κ3) is 9.19. The van der Waals surface area contributed by atoms with E-state index in [2.05, 4.69) is 10.6 Å². The molecule has 5 rings (SSSR count). The molecule has 258 valence electrons. The van der Waals surface area contributed by atoms with Crippen LogP contribution in [0.2, 0.25) is 0 Å². The van der Waals surface area contributed by atoms with E-state index >= 15 is 0 Å². The van der Waals surface area contributed by atoms with E-state index in [4.69, 9.17) is 23.9 Å². The number of amides is 2. The van der Waals surface area contributed by atoms with E-state index in [0.717, 1.165) is 27.9 Å². The molecule has 5 atom stereocenters. The normalized spacial score (nSPS) is 22.5. The molecule has 1 saturated carbocycles. The number of fused-ring (bicyclic) bond motifs is 1. The van der Waals surface area contributed by atoms with Crippen molar-refractivity contribution < 1.29 is 47.0 Å². The van der Waals surface area contributed by atoms with Gasteiger partial charge >= 0.3 is 6.09 Å². The van der Waals surface area contributed by atoms with Gasteiger partial charge in [0.1, 0.15) is 6.10 Å². The van der Waals surface area contributed by atoms with Gasteiger partial charge in [0, 0.05) is 12.7 Å². The Bertz CT molecular complexity index is 1440. The Morgan fingerprint density at radius 1 is 1.06 bits per heavy atom. The molecule has 3 fully saturated rings. The molecule has 14 nitrogen and oxygen atoms in total. The standard InChI is InChI=1S/C32H44N4O10S/c1-35(42-2)30(38)19-33-23-11-8-14-25(18-23)47(40,41)36(46-24-12-6-7-13-24)20-28(37)27(17-22-9-4-3-5-10-22)34-32(39)45-29-21-44-31-26(29)15-16-43-31/h3-5,8-11,14,18,24,26-29,31,33,37H,6-7,12-13,15-17,19-21H2,1-2H3,(H,34,39)/t26-,27-,28+,29-,31+/m0/s1. The first-order valence-electron chi connectivity index (χ1n) is 15.9. The van der Waals surface area contributed by atoms with Crippen molar-refractivity contribution in [1.29, 1.82) is 0 Å². The summed E-state index contributed by atoms with van der Waals surface area (Å²) in [5.41, 5.74) is 1.21. The molecule has 0 bridgehead atoms. The van der Waals surface area contributed by atoms with Gasteiger partial charge in [-0.25, -0.2) is 18.3 Å². The van der Waals surface area contributed by atoms with Crippen LogP contribution < -0.4 is 10.6 Å². The van der Waals surface area contributed by atoms with Gasteiger partial charge in [0.05, 0.1) is 62.5 Å². The van der Waals surface area contributed by atoms with Crippen LogP contribution in [0, 0.1) is 5.92 Å². The van der Waals surface area contributed by atoms with Crippen molar-refractivity contribution in [1.82, 2.24) is 14.8 Å². The Morgan fingerprint density at radius 2 is 1.83 bits per heavy atom. The van der Waals surface area contributed by atoms with Gasteiger partial charge in [-0.05, 0) is 49.4 Å². The lowest BCUT2D eigenvalue weighted by atomic mass is 10.0. The number of nitrogens with zero attached hydrogens (tertiary/aromatic N) is 2. The molecule has 0 aromatic heterocycles. The van der Waals surface area contributed by atoms with Crippen LogP contribution in [0.4, 0.5) is 10.5 Å². The number of aliphatic hydroxyl groups excluding tert-OH is 1. The molecule has 0 radical (unpaired) electrons. The number of anilines is 1. The number of nitrogens with one attached hydrogen (secondary N) is 2. The number of benzene rings is 2. The van der Waals surface area contributed by atoms with Crippen LogP contribution in [0.15, 0.2) is 59.5 Å². The number of aliphatic hydroxyl groups is 1. The summed E-state index contributed by atoms with van der Waals surface area (Å²) in [5, 5.41) is 18.3. The Hall–Kier alpha value is -3.31. The minimum absolute atomic E-state index is 0.0667. The first kappa shape index (κ1) is 35.0. The summed E-state index contributed by atoms with van der Waals surface area (Å²) >= 11 is 0. The van der Waals surface area contributed by atoms with Crippen LogP contribution in [0.3, 0.4) is 0 Å². The van der Waals surface area contributed by atoms with Crippen LogP contribution in [0.5, 0.6) is 0 Å². The average Bonchev–Trinajstić information content (AvgIpc) is 3.84. The van der Waals surface area contributed by atoms with Crippen molar-refractivity contribution in [2.24, 2.45) is 5.92 Å². The van der Waals surface area contributed by atoms with E-state index in [1.165, 1.54) is 26.3 Å². The summed E-state index contributed by atoms with van der Waals surface area (Å²) in [6, 6.07) is 14.3. The molecule has 2 aromatic carbocycles. The number of alkyl carbamates (subject to hydrolysis) is 1. The van der Waals surface area contributed by atoms with E-state index in [-0.39, 0.29) is 42.4 Å². The lowest BCUT2D eigenvalue weighted by molar-refractivity contribution is -0.166. The topological polar surface area (TPSA) is 165 Å². The first-order valence-corrected chi connectivity index (χ1v) is 17.3. The van der Waals surface area contributed by atoms with Crippen LogP contribution in [-0.4, -0.2) is 106 Å². The smallest absolute Gasteiger partial charge is 0.407 e. The monoisotopic (exact) mass is 676 g/mol. The fraction of sp³-hybridized carbons (Fsp3) is 0.562. The number of carbonyl (C=O) groups excluding carboxylic acids is 2. The van der Waals surface area contributed by atoms with Gasteiger partial charge in [-0.2, -0.15) is 0 Å². The molecule has 2 aliphatic heterocycles. The maximum absolute atomic E-state index is 14.1. The lowest BCUT2D eigenvalue weighted by Crippen LogP contribution is -2.51. The summed E-state index contributed by atoms with van der Waals surface area (Å²) in [6.45, 7) is 0.149. The van der Waals surface area contributed by atoms with E-state index in [1.54, 1.807) is 12.1 Å². The SMILES string of the molecule is CON(C)C(=O)CNc1cccc(S(=O)(=O)N(C[C@@H](O)[C@H](Cc2ccccc2)NC(=O)O[C@H]2CO[C@H]3OCC[C@H]32)OC2CCCC2)c1. The maximum Gasteiger partial charge on any atom is 0.407 e. The number of rotatable bonds is 15. The first-order chi connectivity index (χ1) is 22.6. The fourth-order valence-corrected chi connectivity index (χ4v) is 7.28. The zero-order valence-electron chi connectivity index (χ0n) is 26.7. The highest BCUT2D eigenvalue weighted by molar-refractivity contribution is 7.89. The van der Waals surface area contributed by atoms with Gasteiger partial charge in [0.2, 0.25) is 0 Å². The molecule has 3 N–H and O–H groups in total. The van der Waals surface area contributed by atoms with E-state index in [1.807, 2.05) is 30.3 Å². The Balaban J connectivity index is 1.33. The van der Waals surface area contributed by atoms with Crippen molar-refractivity contribution in [3.05, 3.63) is 60.2 Å². The van der Waals surface area contributed by atoms with E-state index < -0.39 is 47.2 Å². The second-order valence-corrected chi connectivity index (χ2v) is 13.8. The molecule has 0 unspecified atom stereocenters. The summed E-state index contributed by atoms with van der Waals surface area (Å²) in [6.07, 6.45) is 0.674. The molecule has 2 amide bonds. The van der Waals surface area contributed by atoms with Crippen molar-refractivity contribution in [2.75, 3.05) is 45.8 Å². The van der Waals surface area contributed by atoms with Crippen LogP contribution >= 0.6 is 0 Å². The van der Waals surface area contributed by atoms with Gasteiger partial charge in [0.25, 0.3) is 15.9 Å². The zero-order valence-corrected chi connectivity index (χ0v) is 27.5. The van der Waals surface area contributed by atoms with Crippen molar-refractivity contribution in [2.45, 2.75) is 74.1 Å². The van der Waals surface area contributed by atoms with Gasteiger partial charge in [-0.15, -0.1) is 0 Å². The van der Waals surface area contributed by atoms with E-state index in [0.29, 0.717) is 31.6 Å². The predicted molar refractivity (Wildman–Crippen MR) is 169 cm³/mol. The van der Waals surface area contributed by atoms with Gasteiger partial charge in [-0.1, -0.05) is 53.7 Å². The predicted octanol–water partition coefficient (Wildman–Crippen LogP) is 2.44. The van der Waals surface area contributed by atoms with Crippen molar-refractivity contribution in [3.63, 3.8) is 0 Å². The van der Waals surface area contributed by atoms with Gasteiger partial charge < -0.3 is 30.0 Å². The minimum Gasteiger partial charge on any atom is -0.443 e. The molecule has 2 aromatic rings. The van der Waals surface area contributed by atoms with Gasteiger partial charge in [-0.3, -0.25) is 14.5 Å². The Kier molecular flexibility index (Phi) is 12.1. The average molecular weight is 677 g/mol. The largest absolute Gasteiger partial charge is 0.443 e. The highest BCUT2D eigenvalue weighted by atomic mass is 32.2. The molecule has 47 heavy (non-hydrogen) atoms.